The average Bonchev–Trinajstić information content (AvgIpc) is 2.49. The molecule has 0 saturated carbocycles. The van der Waals surface area contributed by atoms with Crippen LogP contribution in [-0.4, -0.2) is 32.7 Å². The predicted molar refractivity (Wildman–Crippen MR) is 90.1 cm³/mol. The van der Waals surface area contributed by atoms with Crippen molar-refractivity contribution < 1.29 is 4.74 Å². The number of nitrogens with zero attached hydrogens (tertiary/aromatic N) is 1. The molecule has 0 radical (unpaired) electrons. The molecule has 0 heterocycles. The summed E-state index contributed by atoms with van der Waals surface area (Å²) in [5.74, 6) is 2.42. The molecule has 0 spiro atoms. The SMILES string of the molecule is CCNC(=NCC(C)C)NCCCc1cccc(OC)c1. The van der Waals surface area contributed by atoms with Crippen LogP contribution in [-0.2, 0) is 6.42 Å². The van der Waals surface area contributed by atoms with Crippen LogP contribution in [0.3, 0.4) is 0 Å². The molecule has 1 aromatic rings. The summed E-state index contributed by atoms with van der Waals surface area (Å²) >= 11 is 0. The molecule has 118 valence electrons. The molecule has 4 heteroatoms. The number of rotatable bonds is 8. The summed E-state index contributed by atoms with van der Waals surface area (Å²) in [5, 5.41) is 6.66. The van der Waals surface area contributed by atoms with Crippen LogP contribution < -0.4 is 15.4 Å². The lowest BCUT2D eigenvalue weighted by Crippen LogP contribution is -2.38. The third-order valence-electron chi connectivity index (χ3n) is 3.03. The minimum Gasteiger partial charge on any atom is -0.497 e. The monoisotopic (exact) mass is 291 g/mol. The van der Waals surface area contributed by atoms with Crippen LogP contribution in [0.15, 0.2) is 29.3 Å². The lowest BCUT2D eigenvalue weighted by Gasteiger charge is -2.12. The summed E-state index contributed by atoms with van der Waals surface area (Å²) in [6.07, 6.45) is 2.10. The van der Waals surface area contributed by atoms with Gasteiger partial charge in [-0.3, -0.25) is 4.99 Å². The van der Waals surface area contributed by atoms with Gasteiger partial charge in [-0.1, -0.05) is 26.0 Å². The zero-order chi connectivity index (χ0) is 15.5. The Balaban J connectivity index is 2.34. The fourth-order valence-electron chi connectivity index (χ4n) is 1.94. The van der Waals surface area contributed by atoms with Gasteiger partial charge >= 0.3 is 0 Å². The number of nitrogens with one attached hydrogen (secondary N) is 2. The fraction of sp³-hybridized carbons (Fsp3) is 0.588. The van der Waals surface area contributed by atoms with Crippen LogP contribution in [0.5, 0.6) is 5.75 Å². The Morgan fingerprint density at radius 2 is 2.10 bits per heavy atom. The van der Waals surface area contributed by atoms with E-state index < -0.39 is 0 Å². The van der Waals surface area contributed by atoms with Crippen molar-refractivity contribution in [3.8, 4) is 5.75 Å². The Bertz CT molecular complexity index is 430. The van der Waals surface area contributed by atoms with E-state index in [1.54, 1.807) is 7.11 Å². The molecule has 0 fully saturated rings. The van der Waals surface area contributed by atoms with Gasteiger partial charge in [-0.25, -0.2) is 0 Å². The van der Waals surface area contributed by atoms with Gasteiger partial charge in [-0.05, 0) is 43.4 Å². The maximum atomic E-state index is 5.24. The van der Waals surface area contributed by atoms with Crippen LogP contribution in [0, 0.1) is 5.92 Å². The first-order chi connectivity index (χ1) is 10.2. The molecule has 0 aliphatic carbocycles. The molecule has 1 aromatic carbocycles. The molecule has 0 atom stereocenters. The van der Waals surface area contributed by atoms with E-state index in [1.807, 2.05) is 12.1 Å². The number of aryl methyl sites for hydroxylation is 1. The molecular weight excluding hydrogens is 262 g/mol. The van der Waals surface area contributed by atoms with Crippen molar-refractivity contribution in [3.63, 3.8) is 0 Å². The lowest BCUT2D eigenvalue weighted by atomic mass is 10.1. The summed E-state index contributed by atoms with van der Waals surface area (Å²) in [5.41, 5.74) is 1.31. The molecule has 0 aliphatic rings. The molecule has 2 N–H and O–H groups in total. The topological polar surface area (TPSA) is 45.7 Å². The van der Waals surface area contributed by atoms with Crippen molar-refractivity contribution in [1.29, 1.82) is 0 Å². The first kappa shape index (κ1) is 17.3. The van der Waals surface area contributed by atoms with E-state index in [0.29, 0.717) is 5.92 Å². The van der Waals surface area contributed by atoms with Crippen molar-refractivity contribution in [2.45, 2.75) is 33.6 Å². The van der Waals surface area contributed by atoms with Gasteiger partial charge in [0.1, 0.15) is 5.75 Å². The van der Waals surface area contributed by atoms with Gasteiger partial charge in [0.15, 0.2) is 5.96 Å². The Hall–Kier alpha value is -1.71. The van der Waals surface area contributed by atoms with E-state index in [1.165, 1.54) is 5.56 Å². The third kappa shape index (κ3) is 7.59. The summed E-state index contributed by atoms with van der Waals surface area (Å²) in [7, 11) is 1.70. The van der Waals surface area contributed by atoms with Gasteiger partial charge in [0.2, 0.25) is 0 Å². The maximum Gasteiger partial charge on any atom is 0.191 e. The Morgan fingerprint density at radius 1 is 1.29 bits per heavy atom. The van der Waals surface area contributed by atoms with Crippen LogP contribution in [0.4, 0.5) is 0 Å². The highest BCUT2D eigenvalue weighted by Crippen LogP contribution is 2.13. The molecule has 0 saturated heterocycles. The third-order valence-corrected chi connectivity index (χ3v) is 3.03. The van der Waals surface area contributed by atoms with Crippen LogP contribution in [0.2, 0.25) is 0 Å². The van der Waals surface area contributed by atoms with Crippen LogP contribution in [0.25, 0.3) is 0 Å². The highest BCUT2D eigenvalue weighted by molar-refractivity contribution is 5.79. The Morgan fingerprint density at radius 3 is 2.76 bits per heavy atom. The molecule has 0 aliphatic heterocycles. The summed E-state index contributed by atoms with van der Waals surface area (Å²) in [6.45, 7) is 9.10. The fourth-order valence-corrected chi connectivity index (χ4v) is 1.94. The second-order valence-corrected chi connectivity index (χ2v) is 5.50. The van der Waals surface area contributed by atoms with E-state index >= 15 is 0 Å². The van der Waals surface area contributed by atoms with E-state index in [4.69, 9.17) is 4.74 Å². The van der Waals surface area contributed by atoms with Gasteiger partial charge in [-0.15, -0.1) is 0 Å². The standard InChI is InChI=1S/C17H29N3O/c1-5-18-17(20-13-14(2)3)19-11-7-9-15-8-6-10-16(12-15)21-4/h6,8,10,12,14H,5,7,9,11,13H2,1-4H3,(H2,18,19,20). The molecule has 4 nitrogen and oxygen atoms in total. The first-order valence-electron chi connectivity index (χ1n) is 7.80. The van der Waals surface area contributed by atoms with Crippen molar-refractivity contribution in [2.75, 3.05) is 26.7 Å². The van der Waals surface area contributed by atoms with Gasteiger partial charge in [0, 0.05) is 19.6 Å². The normalized spacial score (nSPS) is 11.6. The number of methoxy groups -OCH3 is 1. The van der Waals surface area contributed by atoms with Crippen LogP contribution in [0.1, 0.15) is 32.8 Å². The number of aliphatic imine (C=N–C) groups is 1. The van der Waals surface area contributed by atoms with Gasteiger partial charge in [-0.2, -0.15) is 0 Å². The minimum atomic E-state index is 0.581. The van der Waals surface area contributed by atoms with E-state index in [2.05, 4.69) is 48.5 Å². The first-order valence-corrected chi connectivity index (χ1v) is 7.80. The van der Waals surface area contributed by atoms with E-state index in [0.717, 1.165) is 44.2 Å². The Kier molecular flexibility index (Phi) is 8.32. The second kappa shape index (κ2) is 10.1. The van der Waals surface area contributed by atoms with Crippen molar-refractivity contribution >= 4 is 5.96 Å². The van der Waals surface area contributed by atoms with Gasteiger partial charge in [0.25, 0.3) is 0 Å². The minimum absolute atomic E-state index is 0.581. The smallest absolute Gasteiger partial charge is 0.191 e. The highest BCUT2D eigenvalue weighted by atomic mass is 16.5. The zero-order valence-electron chi connectivity index (χ0n) is 13.8. The summed E-state index contributed by atoms with van der Waals surface area (Å²) in [4.78, 5) is 4.56. The number of hydrogen-bond donors (Lipinski definition) is 2. The molecule has 21 heavy (non-hydrogen) atoms. The number of guanidine groups is 1. The lowest BCUT2D eigenvalue weighted by molar-refractivity contribution is 0.414. The predicted octanol–water partition coefficient (Wildman–Crippen LogP) is 2.84. The highest BCUT2D eigenvalue weighted by Gasteiger charge is 1.99. The average molecular weight is 291 g/mol. The number of hydrogen-bond acceptors (Lipinski definition) is 2. The van der Waals surface area contributed by atoms with E-state index in [-0.39, 0.29) is 0 Å². The molecule has 0 bridgehead atoms. The molecule has 0 unspecified atom stereocenters. The summed E-state index contributed by atoms with van der Waals surface area (Å²) in [6, 6.07) is 8.25. The van der Waals surface area contributed by atoms with Crippen LogP contribution >= 0.6 is 0 Å². The van der Waals surface area contributed by atoms with Crippen molar-refractivity contribution in [1.82, 2.24) is 10.6 Å². The van der Waals surface area contributed by atoms with E-state index in [9.17, 15) is 0 Å². The summed E-state index contributed by atoms with van der Waals surface area (Å²) < 4.78 is 5.24. The Labute approximate surface area is 129 Å². The van der Waals surface area contributed by atoms with Gasteiger partial charge < -0.3 is 15.4 Å². The van der Waals surface area contributed by atoms with Crippen molar-refractivity contribution in [3.05, 3.63) is 29.8 Å². The van der Waals surface area contributed by atoms with Gasteiger partial charge in [0.05, 0.1) is 7.11 Å². The molecular formula is C17H29N3O. The molecule has 1 rings (SSSR count). The number of benzene rings is 1. The zero-order valence-corrected chi connectivity index (χ0v) is 13.8. The largest absolute Gasteiger partial charge is 0.497 e. The molecule has 0 amide bonds. The maximum absolute atomic E-state index is 5.24. The molecule has 0 aromatic heterocycles. The second-order valence-electron chi connectivity index (χ2n) is 5.50. The quantitative estimate of drug-likeness (QED) is 0.440. The van der Waals surface area contributed by atoms with Crippen molar-refractivity contribution in [2.24, 2.45) is 10.9 Å². The number of ether oxygens (including phenoxy) is 1.